The minimum Gasteiger partial charge on any atom is -0.399 e. The van der Waals surface area contributed by atoms with E-state index in [-0.39, 0.29) is 16.8 Å². The summed E-state index contributed by atoms with van der Waals surface area (Å²) in [4.78, 5) is 0. The Labute approximate surface area is 78.5 Å². The quantitative estimate of drug-likeness (QED) is 0.556. The van der Waals surface area contributed by atoms with Crippen LogP contribution in [0.5, 0.6) is 0 Å². The van der Waals surface area contributed by atoms with Gasteiger partial charge in [0.2, 0.25) is 0 Å². The lowest BCUT2D eigenvalue weighted by atomic mass is 10.0. The molecule has 14 heavy (non-hydrogen) atoms. The highest BCUT2D eigenvalue weighted by molar-refractivity contribution is 5.45. The molecule has 1 rings (SSSR count). The average Bonchev–Trinajstić information content (AvgIpc) is 1.95. The van der Waals surface area contributed by atoms with Gasteiger partial charge >= 0.3 is 6.18 Å². The van der Waals surface area contributed by atoms with Gasteiger partial charge in [-0.2, -0.15) is 13.2 Å². The van der Waals surface area contributed by atoms with E-state index >= 15 is 0 Å². The van der Waals surface area contributed by atoms with Crippen LogP contribution in [0.3, 0.4) is 0 Å². The topological polar surface area (TPSA) is 26.0 Å². The minimum atomic E-state index is -4.40. The number of anilines is 1. The molecule has 0 aliphatic rings. The number of nitrogens with two attached hydrogens (primary N) is 1. The highest BCUT2D eigenvalue weighted by Crippen LogP contribution is 2.26. The van der Waals surface area contributed by atoms with E-state index in [0.29, 0.717) is 0 Å². The van der Waals surface area contributed by atoms with Gasteiger partial charge < -0.3 is 5.73 Å². The van der Waals surface area contributed by atoms with Crippen LogP contribution in [0, 0.1) is 12.7 Å². The van der Waals surface area contributed by atoms with Crippen LogP contribution >= 0.6 is 0 Å². The van der Waals surface area contributed by atoms with Crippen molar-refractivity contribution in [2.45, 2.75) is 19.5 Å². The van der Waals surface area contributed by atoms with Gasteiger partial charge in [0, 0.05) is 5.69 Å². The van der Waals surface area contributed by atoms with Crippen LogP contribution in [0.1, 0.15) is 11.1 Å². The molecule has 1 nitrogen and oxygen atoms in total. The summed E-state index contributed by atoms with van der Waals surface area (Å²) >= 11 is 0. The molecule has 1 aromatic rings. The van der Waals surface area contributed by atoms with Crippen molar-refractivity contribution in [1.82, 2.24) is 0 Å². The zero-order chi connectivity index (χ0) is 10.9. The molecule has 0 atom stereocenters. The summed E-state index contributed by atoms with van der Waals surface area (Å²) in [6.07, 6.45) is -5.66. The molecule has 5 heteroatoms. The third-order valence-electron chi connectivity index (χ3n) is 1.82. The number of alkyl halides is 3. The Morgan fingerprint density at radius 2 is 1.86 bits per heavy atom. The second-order valence-electron chi connectivity index (χ2n) is 3.09. The van der Waals surface area contributed by atoms with Crippen LogP contribution in [0.2, 0.25) is 0 Å². The molecular weight excluding hydrogens is 198 g/mol. The van der Waals surface area contributed by atoms with E-state index in [0.717, 1.165) is 6.07 Å². The summed E-state index contributed by atoms with van der Waals surface area (Å²) in [6, 6.07) is 2.22. The number of benzene rings is 1. The molecule has 0 spiro atoms. The van der Waals surface area contributed by atoms with Crippen LogP contribution in [0.15, 0.2) is 12.1 Å². The molecule has 0 fully saturated rings. The van der Waals surface area contributed by atoms with Gasteiger partial charge in [-0.1, -0.05) is 0 Å². The van der Waals surface area contributed by atoms with Crippen LogP contribution in [0.25, 0.3) is 0 Å². The Bertz CT molecular complexity index is 320. The lowest BCUT2D eigenvalue weighted by Gasteiger charge is -2.10. The van der Waals surface area contributed by atoms with Gasteiger partial charge in [0.25, 0.3) is 0 Å². The number of hydrogen-bond acceptors (Lipinski definition) is 1. The van der Waals surface area contributed by atoms with Gasteiger partial charge in [-0.05, 0) is 30.2 Å². The summed E-state index contributed by atoms with van der Waals surface area (Å²) in [6.45, 7) is 1.40. The van der Waals surface area contributed by atoms with Crippen molar-refractivity contribution in [1.29, 1.82) is 0 Å². The molecule has 0 radical (unpaired) electrons. The van der Waals surface area contributed by atoms with E-state index in [4.69, 9.17) is 5.73 Å². The predicted molar refractivity (Wildman–Crippen MR) is 45.3 cm³/mol. The predicted octanol–water partition coefficient (Wildman–Crippen LogP) is 2.82. The van der Waals surface area contributed by atoms with E-state index in [1.165, 1.54) is 13.0 Å². The third kappa shape index (κ3) is 2.61. The van der Waals surface area contributed by atoms with Crippen LogP contribution in [0.4, 0.5) is 23.2 Å². The summed E-state index contributed by atoms with van der Waals surface area (Å²) in [5.74, 6) is -0.903. The van der Waals surface area contributed by atoms with Crippen molar-refractivity contribution in [3.05, 3.63) is 29.1 Å². The maximum Gasteiger partial charge on any atom is 0.393 e. The Kier molecular flexibility index (Phi) is 2.69. The fraction of sp³-hybridized carbons (Fsp3) is 0.333. The molecule has 0 aromatic heterocycles. The molecule has 0 saturated carbocycles. The van der Waals surface area contributed by atoms with Crippen molar-refractivity contribution in [3.8, 4) is 0 Å². The smallest absolute Gasteiger partial charge is 0.393 e. The van der Waals surface area contributed by atoms with Crippen molar-refractivity contribution in [3.63, 3.8) is 0 Å². The number of rotatable bonds is 1. The van der Waals surface area contributed by atoms with Crippen molar-refractivity contribution >= 4 is 5.69 Å². The molecule has 1 aromatic carbocycles. The number of aryl methyl sites for hydroxylation is 1. The lowest BCUT2D eigenvalue weighted by molar-refractivity contribution is -0.127. The van der Waals surface area contributed by atoms with E-state index in [1.54, 1.807) is 0 Å². The van der Waals surface area contributed by atoms with E-state index in [2.05, 4.69) is 0 Å². The SMILES string of the molecule is Cc1cc(N)cc(F)c1CC(F)(F)F. The minimum absolute atomic E-state index is 0.130. The van der Waals surface area contributed by atoms with E-state index in [9.17, 15) is 17.6 Å². The van der Waals surface area contributed by atoms with E-state index in [1.807, 2.05) is 0 Å². The fourth-order valence-electron chi connectivity index (χ4n) is 1.22. The highest BCUT2D eigenvalue weighted by Gasteiger charge is 2.30. The highest BCUT2D eigenvalue weighted by atomic mass is 19.4. The maximum absolute atomic E-state index is 13.1. The molecule has 0 saturated heterocycles. The molecule has 0 amide bonds. The fourth-order valence-corrected chi connectivity index (χ4v) is 1.22. The van der Waals surface area contributed by atoms with Crippen LogP contribution in [-0.2, 0) is 6.42 Å². The van der Waals surface area contributed by atoms with Gasteiger partial charge in [-0.25, -0.2) is 4.39 Å². The zero-order valence-electron chi connectivity index (χ0n) is 7.45. The Hall–Kier alpha value is -1.26. The van der Waals surface area contributed by atoms with Gasteiger partial charge in [0.15, 0.2) is 0 Å². The molecule has 0 unspecified atom stereocenters. The Morgan fingerprint density at radius 1 is 1.29 bits per heavy atom. The molecule has 78 valence electrons. The summed E-state index contributed by atoms with van der Waals surface area (Å²) in [7, 11) is 0. The molecule has 0 aliphatic carbocycles. The number of hydrogen-bond donors (Lipinski definition) is 1. The molecular formula is C9H9F4N. The second kappa shape index (κ2) is 3.48. The first kappa shape index (κ1) is 10.8. The van der Waals surface area contributed by atoms with Crippen molar-refractivity contribution < 1.29 is 17.6 Å². The standard InChI is InChI=1S/C9H9F4N/c1-5-2-6(14)3-8(10)7(5)4-9(11,12)13/h2-3H,4,14H2,1H3. The molecule has 0 bridgehead atoms. The summed E-state index contributed by atoms with van der Waals surface area (Å²) in [5, 5.41) is 0. The zero-order valence-corrected chi connectivity index (χ0v) is 7.45. The van der Waals surface area contributed by atoms with Crippen molar-refractivity contribution in [2.24, 2.45) is 0 Å². The number of halogens is 4. The van der Waals surface area contributed by atoms with Crippen molar-refractivity contribution in [2.75, 3.05) is 5.73 Å². The van der Waals surface area contributed by atoms with Gasteiger partial charge in [-0.3, -0.25) is 0 Å². The first-order valence-corrected chi connectivity index (χ1v) is 3.91. The second-order valence-corrected chi connectivity index (χ2v) is 3.09. The number of nitrogen functional groups attached to an aromatic ring is 1. The first-order chi connectivity index (χ1) is 6.29. The van der Waals surface area contributed by atoms with Gasteiger partial charge in [-0.15, -0.1) is 0 Å². The normalized spacial score (nSPS) is 11.8. The van der Waals surface area contributed by atoms with Gasteiger partial charge in [0.1, 0.15) is 5.82 Å². The van der Waals surface area contributed by atoms with Gasteiger partial charge in [0.05, 0.1) is 6.42 Å². The maximum atomic E-state index is 13.1. The van der Waals surface area contributed by atoms with E-state index < -0.39 is 18.4 Å². The lowest BCUT2D eigenvalue weighted by Crippen LogP contribution is -2.14. The average molecular weight is 207 g/mol. The largest absolute Gasteiger partial charge is 0.399 e. The Morgan fingerprint density at radius 3 is 2.29 bits per heavy atom. The molecule has 0 aliphatic heterocycles. The summed E-state index contributed by atoms with van der Waals surface area (Å²) in [5.41, 5.74) is 5.28. The third-order valence-corrected chi connectivity index (χ3v) is 1.82. The molecule has 0 heterocycles. The molecule has 2 N–H and O–H groups in total. The van der Waals surface area contributed by atoms with Crippen LogP contribution in [-0.4, -0.2) is 6.18 Å². The first-order valence-electron chi connectivity index (χ1n) is 3.91. The van der Waals surface area contributed by atoms with Crippen LogP contribution < -0.4 is 5.73 Å². The monoisotopic (exact) mass is 207 g/mol. The summed E-state index contributed by atoms with van der Waals surface area (Å²) < 4.78 is 49.1. The Balaban J connectivity index is 3.09.